The van der Waals surface area contributed by atoms with Gasteiger partial charge in [0.25, 0.3) is 0 Å². The van der Waals surface area contributed by atoms with Gasteiger partial charge in [-0.15, -0.1) is 6.58 Å². The first-order valence-electron chi connectivity index (χ1n) is 6.37. The van der Waals surface area contributed by atoms with Crippen molar-refractivity contribution in [1.29, 1.82) is 0 Å². The van der Waals surface area contributed by atoms with E-state index in [-0.39, 0.29) is 16.6 Å². The Labute approximate surface area is 108 Å². The number of hydrogen-bond donors (Lipinski definition) is 1. The smallest absolute Gasteiger partial charge is 0.192 e. The molecule has 0 heterocycles. The molecule has 1 N–H and O–H groups in total. The summed E-state index contributed by atoms with van der Waals surface area (Å²) in [4.78, 5) is 0. The maximum Gasteiger partial charge on any atom is 0.192 e. The van der Waals surface area contributed by atoms with Crippen LogP contribution in [-0.2, 0) is 4.43 Å². The van der Waals surface area contributed by atoms with E-state index in [1.807, 2.05) is 13.8 Å². The molecule has 0 aromatic rings. The van der Waals surface area contributed by atoms with Crippen LogP contribution in [0.5, 0.6) is 0 Å². The molecule has 0 bridgehead atoms. The van der Waals surface area contributed by atoms with Gasteiger partial charge in [-0.3, -0.25) is 0 Å². The second kappa shape index (κ2) is 5.68. The van der Waals surface area contributed by atoms with E-state index in [0.29, 0.717) is 13.0 Å². The molecule has 0 aromatic heterocycles. The van der Waals surface area contributed by atoms with Crippen LogP contribution in [0.15, 0.2) is 12.7 Å². The first-order chi connectivity index (χ1) is 7.44. The summed E-state index contributed by atoms with van der Waals surface area (Å²) in [7, 11) is -1.72. The molecule has 17 heavy (non-hydrogen) atoms. The first-order valence-corrected chi connectivity index (χ1v) is 9.28. The van der Waals surface area contributed by atoms with Gasteiger partial charge in [0.1, 0.15) is 0 Å². The minimum absolute atomic E-state index is 0.215. The highest BCUT2D eigenvalue weighted by Gasteiger charge is 2.39. The van der Waals surface area contributed by atoms with Crippen molar-refractivity contribution in [2.45, 2.75) is 65.3 Å². The Morgan fingerprint density at radius 3 is 2.06 bits per heavy atom. The average Bonchev–Trinajstić information content (AvgIpc) is 2.14. The molecular formula is C14H30O2Si. The van der Waals surface area contributed by atoms with Gasteiger partial charge in [0.2, 0.25) is 0 Å². The molecule has 0 unspecified atom stereocenters. The highest BCUT2D eigenvalue weighted by Crippen LogP contribution is 2.38. The normalized spacial score (nSPS) is 15.8. The van der Waals surface area contributed by atoms with E-state index in [1.54, 1.807) is 6.08 Å². The van der Waals surface area contributed by atoms with Crippen LogP contribution in [-0.4, -0.2) is 26.1 Å². The maximum atomic E-state index is 10.0. The Kier molecular flexibility index (Phi) is 5.64. The van der Waals surface area contributed by atoms with Gasteiger partial charge >= 0.3 is 0 Å². The Bertz CT molecular complexity index is 251. The standard InChI is InChI=1S/C14H30O2Si/c1-9-10-12(15)14(5,6)11-16-17(7,8)13(2,3)4/h9,12,15H,1,10-11H2,2-8H3/t12-/m1/s1. The van der Waals surface area contributed by atoms with Crippen LogP contribution in [0.25, 0.3) is 0 Å². The molecule has 102 valence electrons. The second-order valence-electron chi connectivity index (χ2n) is 7.08. The van der Waals surface area contributed by atoms with E-state index in [1.165, 1.54) is 0 Å². The molecule has 0 aliphatic carbocycles. The molecule has 0 rings (SSSR count). The van der Waals surface area contributed by atoms with Crippen molar-refractivity contribution in [2.24, 2.45) is 5.41 Å². The summed E-state index contributed by atoms with van der Waals surface area (Å²) >= 11 is 0. The summed E-state index contributed by atoms with van der Waals surface area (Å²) in [5.74, 6) is 0. The lowest BCUT2D eigenvalue weighted by Crippen LogP contribution is -2.45. The summed E-state index contributed by atoms with van der Waals surface area (Å²) in [6.07, 6.45) is 2.00. The highest BCUT2D eigenvalue weighted by molar-refractivity contribution is 6.74. The predicted octanol–water partition coefficient (Wildman–Crippen LogP) is 3.97. The minimum Gasteiger partial charge on any atom is -0.416 e. The van der Waals surface area contributed by atoms with Crippen molar-refractivity contribution in [3.8, 4) is 0 Å². The molecule has 0 aliphatic rings. The molecule has 0 spiro atoms. The summed E-state index contributed by atoms with van der Waals surface area (Å²) in [6.45, 7) is 19.5. The lowest BCUT2D eigenvalue weighted by Gasteiger charge is -2.40. The summed E-state index contributed by atoms with van der Waals surface area (Å²) in [5, 5.41) is 10.3. The van der Waals surface area contributed by atoms with Gasteiger partial charge in [-0.05, 0) is 24.6 Å². The van der Waals surface area contributed by atoms with Crippen molar-refractivity contribution in [3.63, 3.8) is 0 Å². The molecular weight excluding hydrogens is 228 g/mol. The largest absolute Gasteiger partial charge is 0.416 e. The van der Waals surface area contributed by atoms with Crippen molar-refractivity contribution in [3.05, 3.63) is 12.7 Å². The third-order valence-electron chi connectivity index (χ3n) is 3.90. The van der Waals surface area contributed by atoms with Crippen LogP contribution >= 0.6 is 0 Å². The van der Waals surface area contributed by atoms with E-state index < -0.39 is 8.32 Å². The topological polar surface area (TPSA) is 29.5 Å². The van der Waals surface area contributed by atoms with Crippen LogP contribution in [0.1, 0.15) is 41.0 Å². The minimum atomic E-state index is -1.72. The summed E-state index contributed by atoms with van der Waals surface area (Å²) < 4.78 is 6.17. The Hall–Kier alpha value is -0.123. The fourth-order valence-corrected chi connectivity index (χ4v) is 2.32. The quantitative estimate of drug-likeness (QED) is 0.577. The lowest BCUT2D eigenvalue weighted by atomic mass is 9.86. The van der Waals surface area contributed by atoms with E-state index in [0.717, 1.165) is 0 Å². The Morgan fingerprint density at radius 1 is 1.24 bits per heavy atom. The van der Waals surface area contributed by atoms with Gasteiger partial charge in [-0.1, -0.05) is 40.7 Å². The fraction of sp³-hybridized carbons (Fsp3) is 0.857. The molecule has 1 atom stereocenters. The van der Waals surface area contributed by atoms with Crippen LogP contribution in [0.4, 0.5) is 0 Å². The highest BCUT2D eigenvalue weighted by atomic mass is 28.4. The van der Waals surface area contributed by atoms with Crippen molar-refractivity contribution in [2.75, 3.05) is 6.61 Å². The SMILES string of the molecule is C=CC[C@@H](O)C(C)(C)CO[Si](C)(C)C(C)(C)C. The molecule has 0 saturated carbocycles. The Morgan fingerprint density at radius 2 is 1.71 bits per heavy atom. The van der Waals surface area contributed by atoms with E-state index in [9.17, 15) is 5.11 Å². The first kappa shape index (κ1) is 16.9. The van der Waals surface area contributed by atoms with Crippen molar-refractivity contribution < 1.29 is 9.53 Å². The van der Waals surface area contributed by atoms with Gasteiger partial charge < -0.3 is 9.53 Å². The molecule has 0 amide bonds. The van der Waals surface area contributed by atoms with Crippen molar-refractivity contribution in [1.82, 2.24) is 0 Å². The molecule has 0 saturated heterocycles. The van der Waals surface area contributed by atoms with Gasteiger partial charge in [-0.25, -0.2) is 0 Å². The monoisotopic (exact) mass is 258 g/mol. The molecule has 0 radical (unpaired) electrons. The Balaban J connectivity index is 4.50. The van der Waals surface area contributed by atoms with Gasteiger partial charge in [0.05, 0.1) is 6.10 Å². The van der Waals surface area contributed by atoms with Crippen molar-refractivity contribution >= 4 is 8.32 Å². The molecule has 0 fully saturated rings. The van der Waals surface area contributed by atoms with E-state index in [2.05, 4.69) is 40.4 Å². The van der Waals surface area contributed by atoms with E-state index >= 15 is 0 Å². The number of aliphatic hydroxyl groups is 1. The zero-order chi connectivity index (χ0) is 13.9. The fourth-order valence-electron chi connectivity index (χ4n) is 1.16. The summed E-state index contributed by atoms with van der Waals surface area (Å²) in [6, 6.07) is 0. The van der Waals surface area contributed by atoms with Gasteiger partial charge in [0.15, 0.2) is 8.32 Å². The van der Waals surface area contributed by atoms with Crippen LogP contribution < -0.4 is 0 Å². The molecule has 0 aromatic carbocycles. The van der Waals surface area contributed by atoms with Crippen LogP contribution in [0.2, 0.25) is 18.1 Å². The third-order valence-corrected chi connectivity index (χ3v) is 8.38. The zero-order valence-corrected chi connectivity index (χ0v) is 13.6. The second-order valence-corrected chi connectivity index (χ2v) is 11.9. The zero-order valence-electron chi connectivity index (χ0n) is 12.6. The molecule has 2 nitrogen and oxygen atoms in total. The van der Waals surface area contributed by atoms with E-state index in [4.69, 9.17) is 4.43 Å². The number of hydrogen-bond acceptors (Lipinski definition) is 2. The molecule has 0 aliphatic heterocycles. The van der Waals surface area contributed by atoms with Gasteiger partial charge in [-0.2, -0.15) is 0 Å². The number of rotatable bonds is 6. The number of aliphatic hydroxyl groups excluding tert-OH is 1. The lowest BCUT2D eigenvalue weighted by molar-refractivity contribution is 0.0139. The van der Waals surface area contributed by atoms with Crippen LogP contribution in [0, 0.1) is 5.41 Å². The summed E-state index contributed by atoms with van der Waals surface area (Å²) in [5.41, 5.74) is -0.219. The van der Waals surface area contributed by atoms with Crippen LogP contribution in [0.3, 0.4) is 0 Å². The third kappa shape index (κ3) is 4.94. The molecule has 3 heteroatoms. The maximum absolute atomic E-state index is 10.0. The average molecular weight is 258 g/mol. The predicted molar refractivity (Wildman–Crippen MR) is 77.8 cm³/mol. The van der Waals surface area contributed by atoms with Gasteiger partial charge in [0, 0.05) is 12.0 Å².